The van der Waals surface area contributed by atoms with E-state index in [-0.39, 0.29) is 17.7 Å². The summed E-state index contributed by atoms with van der Waals surface area (Å²) in [5.41, 5.74) is 6.36. The van der Waals surface area contributed by atoms with Gasteiger partial charge in [0.1, 0.15) is 28.8 Å². The molecular formula is C34H35N2O4Si+. The van der Waals surface area contributed by atoms with E-state index >= 15 is 0 Å². The van der Waals surface area contributed by atoms with E-state index in [1.54, 1.807) is 12.1 Å². The molecule has 0 radical (unpaired) electrons. The minimum atomic E-state index is -2.20. The largest absolute Gasteiger partial charge is 0.478 e. The number of allylic oxidation sites excluding steroid dienone is 5. The highest BCUT2D eigenvalue weighted by atomic mass is 28.3. The van der Waals surface area contributed by atoms with Crippen LogP contribution in [0.25, 0.3) is 5.57 Å². The number of hydrogen-bond donors (Lipinski definition) is 1. The van der Waals surface area contributed by atoms with Gasteiger partial charge in [-0.05, 0) is 62.5 Å². The van der Waals surface area contributed by atoms with Crippen LogP contribution in [0.15, 0.2) is 95.7 Å². The molecule has 3 aromatic rings. The van der Waals surface area contributed by atoms with Crippen LogP contribution in [-0.2, 0) is 11.3 Å². The summed E-state index contributed by atoms with van der Waals surface area (Å²) in [5, 5.41) is 13.0. The fraction of sp³-hybridized carbons (Fsp3) is 0.206. The molecular weight excluding hydrogens is 528 g/mol. The Morgan fingerprint density at radius 3 is 2.32 bits per heavy atom. The fourth-order valence-electron chi connectivity index (χ4n) is 5.63. The first-order valence-corrected chi connectivity index (χ1v) is 16.6. The van der Waals surface area contributed by atoms with Gasteiger partial charge in [-0.25, -0.2) is 14.2 Å². The quantitative estimate of drug-likeness (QED) is 0.251. The smallest absolute Gasteiger partial charge is 0.339 e. The van der Waals surface area contributed by atoms with Crippen molar-refractivity contribution in [2.45, 2.75) is 19.7 Å². The molecule has 0 fully saturated rings. The molecule has 1 heterocycles. The molecule has 1 aliphatic carbocycles. The molecule has 0 spiro atoms. The number of esters is 1. The van der Waals surface area contributed by atoms with Crippen LogP contribution in [0, 0.1) is 0 Å². The minimum absolute atomic E-state index is 0.0402. The van der Waals surface area contributed by atoms with Crippen molar-refractivity contribution in [3.05, 3.63) is 124 Å². The summed E-state index contributed by atoms with van der Waals surface area (Å²) >= 11 is 0. The van der Waals surface area contributed by atoms with E-state index in [2.05, 4.69) is 59.0 Å². The van der Waals surface area contributed by atoms with Crippen LogP contribution >= 0.6 is 0 Å². The Kier molecular flexibility index (Phi) is 7.40. The summed E-state index contributed by atoms with van der Waals surface area (Å²) in [4.78, 5) is 28.3. The van der Waals surface area contributed by atoms with Gasteiger partial charge in [-0.15, -0.1) is 0 Å². The maximum Gasteiger partial charge on any atom is 0.339 e. The molecule has 1 aliphatic heterocycles. The Hall–Kier alpha value is -4.49. The highest BCUT2D eigenvalue weighted by Gasteiger charge is 2.41. The molecule has 41 heavy (non-hydrogen) atoms. The molecule has 0 atom stereocenters. The first kappa shape index (κ1) is 28.1. The second kappa shape index (κ2) is 10.8. The number of rotatable bonds is 6. The Balaban J connectivity index is 1.74. The third kappa shape index (κ3) is 5.09. The van der Waals surface area contributed by atoms with Gasteiger partial charge in [0, 0.05) is 31.9 Å². The molecule has 2 aliphatic rings. The van der Waals surface area contributed by atoms with Crippen LogP contribution in [0.5, 0.6) is 0 Å². The first-order valence-electron chi connectivity index (χ1n) is 13.6. The molecule has 0 unspecified atom stereocenters. The van der Waals surface area contributed by atoms with Crippen molar-refractivity contribution in [3.8, 4) is 0 Å². The van der Waals surface area contributed by atoms with Crippen molar-refractivity contribution < 1.29 is 24.0 Å². The monoisotopic (exact) mass is 563 g/mol. The van der Waals surface area contributed by atoms with E-state index in [9.17, 15) is 14.7 Å². The topological polar surface area (TPSA) is 69.8 Å². The number of carbonyl (C=O) groups excluding carboxylic acids is 1. The van der Waals surface area contributed by atoms with Gasteiger partial charge in [-0.1, -0.05) is 61.6 Å². The summed E-state index contributed by atoms with van der Waals surface area (Å²) in [5.74, 6) is -1.83. The minimum Gasteiger partial charge on any atom is -0.478 e. The van der Waals surface area contributed by atoms with E-state index in [1.165, 1.54) is 16.4 Å². The molecule has 6 nitrogen and oxygen atoms in total. The molecule has 0 aromatic heterocycles. The number of aromatic carboxylic acids is 1. The average Bonchev–Trinajstić information content (AvgIpc) is 2.96. The zero-order valence-electron chi connectivity index (χ0n) is 24.4. The lowest BCUT2D eigenvalue weighted by Crippen LogP contribution is -2.49. The normalized spacial score (nSPS) is 15.1. The Morgan fingerprint density at radius 2 is 1.66 bits per heavy atom. The molecule has 0 bridgehead atoms. The predicted octanol–water partition coefficient (Wildman–Crippen LogP) is 5.29. The van der Waals surface area contributed by atoms with E-state index in [1.807, 2.05) is 58.5 Å². The van der Waals surface area contributed by atoms with Gasteiger partial charge >= 0.3 is 11.9 Å². The Labute approximate surface area is 242 Å². The first-order chi connectivity index (χ1) is 19.5. The molecule has 5 rings (SSSR count). The molecule has 7 heteroatoms. The van der Waals surface area contributed by atoms with E-state index < -0.39 is 20.0 Å². The molecule has 3 aromatic carbocycles. The number of benzene rings is 3. The van der Waals surface area contributed by atoms with Crippen LogP contribution in [0.2, 0.25) is 13.1 Å². The summed E-state index contributed by atoms with van der Waals surface area (Å²) in [6.45, 7) is 4.75. The standard InChI is InChI=1S/C34H34N2O4Si/c1-35(2)23-15-17-25-29(19-23)41(5,6)30-20-24(36(3)4)16-18-26(30)31(25)27-13-10-14-28(32(27)33(37)38)34(39)40-21-22-11-8-7-9-12-22/h7-20H,21H2,1-6H3/p+1. The number of fused-ring (bicyclic) bond motifs is 2. The Morgan fingerprint density at radius 1 is 0.927 bits per heavy atom. The van der Waals surface area contributed by atoms with Crippen molar-refractivity contribution in [2.24, 2.45) is 0 Å². The van der Waals surface area contributed by atoms with Gasteiger partial charge < -0.3 is 14.7 Å². The van der Waals surface area contributed by atoms with Gasteiger partial charge in [0.25, 0.3) is 0 Å². The summed E-state index contributed by atoms with van der Waals surface area (Å²) in [7, 11) is 5.89. The number of hydrogen-bond acceptors (Lipinski definition) is 4. The van der Waals surface area contributed by atoms with Crippen LogP contribution in [0.1, 0.15) is 37.4 Å². The zero-order valence-corrected chi connectivity index (χ0v) is 25.4. The van der Waals surface area contributed by atoms with Gasteiger partial charge in [0.15, 0.2) is 5.71 Å². The lowest BCUT2D eigenvalue weighted by molar-refractivity contribution is -0.462. The third-order valence-electron chi connectivity index (χ3n) is 7.90. The van der Waals surface area contributed by atoms with E-state index in [4.69, 9.17) is 4.74 Å². The average molecular weight is 564 g/mol. The summed E-state index contributed by atoms with van der Waals surface area (Å²) < 4.78 is 7.67. The maximum absolute atomic E-state index is 13.3. The summed E-state index contributed by atoms with van der Waals surface area (Å²) in [6, 6.07) is 20.9. The number of carboxylic acid groups (broad SMARTS) is 1. The zero-order chi connectivity index (χ0) is 29.5. The maximum atomic E-state index is 13.3. The van der Waals surface area contributed by atoms with Crippen molar-refractivity contribution in [3.63, 3.8) is 0 Å². The number of ether oxygens (including phenoxy) is 1. The molecule has 208 valence electrons. The second-order valence-corrected chi connectivity index (χ2v) is 15.7. The van der Waals surface area contributed by atoms with Crippen molar-refractivity contribution in [2.75, 3.05) is 33.1 Å². The number of carboxylic acids is 1. The third-order valence-corrected chi connectivity index (χ3v) is 11.4. The predicted molar refractivity (Wildman–Crippen MR) is 167 cm³/mol. The molecule has 0 saturated heterocycles. The Bertz CT molecular complexity index is 1690. The SMILES string of the molecule is CN(C)c1ccc2c(c1)[Si](C)(C)C1=CC(=[N+](C)C)C=CC1=C2c1cccc(C(=O)OCc2ccccc2)c1C(=O)O. The van der Waals surface area contributed by atoms with Crippen molar-refractivity contribution >= 4 is 42.2 Å². The van der Waals surface area contributed by atoms with Gasteiger partial charge in [-0.3, -0.25) is 0 Å². The molecule has 0 amide bonds. The van der Waals surface area contributed by atoms with Crippen LogP contribution < -0.4 is 10.1 Å². The van der Waals surface area contributed by atoms with Crippen molar-refractivity contribution in [1.82, 2.24) is 0 Å². The van der Waals surface area contributed by atoms with E-state index in [0.29, 0.717) is 5.56 Å². The van der Waals surface area contributed by atoms with Crippen LogP contribution in [-0.4, -0.2) is 63.6 Å². The van der Waals surface area contributed by atoms with Gasteiger partial charge in [-0.2, -0.15) is 0 Å². The van der Waals surface area contributed by atoms with Crippen molar-refractivity contribution in [1.29, 1.82) is 0 Å². The number of anilines is 1. The lowest BCUT2D eigenvalue weighted by Gasteiger charge is -2.38. The van der Waals surface area contributed by atoms with Gasteiger partial charge in [0.2, 0.25) is 0 Å². The summed E-state index contributed by atoms with van der Waals surface area (Å²) in [6.07, 6.45) is 6.41. The highest BCUT2D eigenvalue weighted by Crippen LogP contribution is 2.43. The molecule has 0 saturated carbocycles. The lowest BCUT2D eigenvalue weighted by atomic mass is 9.85. The molecule has 1 N–H and O–H groups in total. The number of carbonyl (C=O) groups is 2. The fourth-order valence-corrected chi connectivity index (χ4v) is 8.70. The number of nitrogens with zero attached hydrogens (tertiary/aromatic N) is 2. The highest BCUT2D eigenvalue weighted by molar-refractivity contribution is 6.98. The van der Waals surface area contributed by atoms with Crippen LogP contribution in [0.3, 0.4) is 0 Å². The van der Waals surface area contributed by atoms with E-state index in [0.717, 1.165) is 33.7 Å². The second-order valence-electron chi connectivity index (χ2n) is 11.3. The van der Waals surface area contributed by atoms with Crippen LogP contribution in [0.4, 0.5) is 5.69 Å². The van der Waals surface area contributed by atoms with Gasteiger partial charge in [0.05, 0.1) is 11.1 Å².